The van der Waals surface area contributed by atoms with E-state index in [2.05, 4.69) is 10.6 Å². The Morgan fingerprint density at radius 1 is 1.62 bits per heavy atom. The van der Waals surface area contributed by atoms with Crippen molar-refractivity contribution >= 4 is 5.91 Å². The van der Waals surface area contributed by atoms with Crippen LogP contribution in [0.4, 0.5) is 0 Å². The highest BCUT2D eigenvalue weighted by Gasteiger charge is 2.28. The number of hydrogen-bond acceptors (Lipinski definition) is 4. The number of carbonyl (C=O) groups excluding carboxylic acids is 1. The van der Waals surface area contributed by atoms with Gasteiger partial charge in [-0.3, -0.25) is 4.79 Å². The normalized spacial score (nSPS) is 29.5. The van der Waals surface area contributed by atoms with Crippen molar-refractivity contribution in [2.45, 2.75) is 38.3 Å². The number of piperidine rings is 1. The van der Waals surface area contributed by atoms with Gasteiger partial charge in [0.25, 0.3) is 0 Å². The highest BCUT2D eigenvalue weighted by Crippen LogP contribution is 2.15. The Hall–Kier alpha value is -0.650. The van der Waals surface area contributed by atoms with Crippen molar-refractivity contribution < 1.29 is 15.0 Å². The predicted molar refractivity (Wildman–Crippen MR) is 60.9 cm³/mol. The minimum atomic E-state index is -1.24. The summed E-state index contributed by atoms with van der Waals surface area (Å²) in [6, 6.07) is -0.178. The van der Waals surface area contributed by atoms with Gasteiger partial charge in [0.1, 0.15) is 5.60 Å². The molecule has 1 aliphatic rings. The SMILES string of the molecule is CC1CCCNC1C(=O)NCC(C)(O)CO. The van der Waals surface area contributed by atoms with Crippen molar-refractivity contribution in [1.29, 1.82) is 0 Å². The second kappa shape index (κ2) is 5.61. The summed E-state index contributed by atoms with van der Waals surface area (Å²) in [5.74, 6) is 0.216. The van der Waals surface area contributed by atoms with Crippen LogP contribution in [-0.2, 0) is 4.79 Å². The first-order chi connectivity index (χ1) is 7.46. The molecule has 3 atom stereocenters. The highest BCUT2D eigenvalue weighted by atomic mass is 16.3. The molecule has 4 N–H and O–H groups in total. The quantitative estimate of drug-likeness (QED) is 0.511. The van der Waals surface area contributed by atoms with Crippen LogP contribution in [-0.4, -0.2) is 47.5 Å². The van der Waals surface area contributed by atoms with Gasteiger partial charge in [-0.1, -0.05) is 6.92 Å². The van der Waals surface area contributed by atoms with Crippen molar-refractivity contribution in [3.8, 4) is 0 Å². The zero-order chi connectivity index (χ0) is 12.2. The van der Waals surface area contributed by atoms with Crippen LogP contribution in [0.3, 0.4) is 0 Å². The topological polar surface area (TPSA) is 81.6 Å². The number of rotatable bonds is 4. The number of amides is 1. The third-order valence-corrected chi connectivity index (χ3v) is 3.04. The first-order valence-electron chi connectivity index (χ1n) is 5.80. The molecule has 1 amide bonds. The molecule has 0 aliphatic carbocycles. The average molecular weight is 230 g/mol. The minimum Gasteiger partial charge on any atom is -0.393 e. The lowest BCUT2D eigenvalue weighted by molar-refractivity contribution is -0.126. The fraction of sp³-hybridized carbons (Fsp3) is 0.909. The van der Waals surface area contributed by atoms with E-state index < -0.39 is 5.60 Å². The maximum Gasteiger partial charge on any atom is 0.237 e. The summed E-state index contributed by atoms with van der Waals surface area (Å²) in [6.07, 6.45) is 2.14. The molecule has 0 saturated carbocycles. The monoisotopic (exact) mass is 230 g/mol. The van der Waals surface area contributed by atoms with Crippen molar-refractivity contribution in [3.63, 3.8) is 0 Å². The maximum atomic E-state index is 11.8. The Morgan fingerprint density at radius 3 is 2.88 bits per heavy atom. The summed E-state index contributed by atoms with van der Waals surface area (Å²) in [5.41, 5.74) is -1.24. The Labute approximate surface area is 96.2 Å². The molecule has 5 nitrogen and oxygen atoms in total. The summed E-state index contributed by atoms with van der Waals surface area (Å²) in [7, 11) is 0. The molecule has 94 valence electrons. The lowest BCUT2D eigenvalue weighted by atomic mass is 9.92. The van der Waals surface area contributed by atoms with Gasteiger partial charge in [0.05, 0.1) is 12.6 Å². The van der Waals surface area contributed by atoms with E-state index in [1.165, 1.54) is 6.92 Å². The fourth-order valence-electron chi connectivity index (χ4n) is 1.84. The molecule has 0 aromatic heterocycles. The van der Waals surface area contributed by atoms with Gasteiger partial charge >= 0.3 is 0 Å². The molecular formula is C11H22N2O3. The second-order valence-electron chi connectivity index (χ2n) is 4.92. The molecule has 0 radical (unpaired) electrons. The van der Waals surface area contributed by atoms with Gasteiger partial charge in [-0.25, -0.2) is 0 Å². The highest BCUT2D eigenvalue weighted by molar-refractivity contribution is 5.82. The van der Waals surface area contributed by atoms with E-state index in [1.807, 2.05) is 6.92 Å². The molecule has 1 saturated heterocycles. The number of nitrogens with one attached hydrogen (secondary N) is 2. The summed E-state index contributed by atoms with van der Waals surface area (Å²) in [4.78, 5) is 11.8. The van der Waals surface area contributed by atoms with E-state index in [1.54, 1.807) is 0 Å². The first kappa shape index (κ1) is 13.4. The van der Waals surface area contributed by atoms with Crippen molar-refractivity contribution in [1.82, 2.24) is 10.6 Å². The van der Waals surface area contributed by atoms with E-state index in [9.17, 15) is 9.90 Å². The van der Waals surface area contributed by atoms with Crippen molar-refractivity contribution in [2.24, 2.45) is 5.92 Å². The van der Waals surface area contributed by atoms with E-state index in [0.29, 0.717) is 5.92 Å². The van der Waals surface area contributed by atoms with Gasteiger partial charge in [-0.05, 0) is 32.2 Å². The van der Waals surface area contributed by atoms with Crippen LogP contribution in [0.1, 0.15) is 26.7 Å². The molecule has 0 bridgehead atoms. The maximum absolute atomic E-state index is 11.8. The number of carbonyl (C=O) groups is 1. The van der Waals surface area contributed by atoms with Crippen LogP contribution in [0.5, 0.6) is 0 Å². The molecule has 0 aromatic rings. The van der Waals surface area contributed by atoms with E-state index in [0.717, 1.165) is 19.4 Å². The Balaban J connectivity index is 2.39. The largest absolute Gasteiger partial charge is 0.393 e. The zero-order valence-electron chi connectivity index (χ0n) is 9.99. The van der Waals surface area contributed by atoms with Crippen molar-refractivity contribution in [3.05, 3.63) is 0 Å². The second-order valence-corrected chi connectivity index (χ2v) is 4.92. The molecule has 1 heterocycles. The summed E-state index contributed by atoms with van der Waals surface area (Å²) in [6.45, 7) is 4.11. The standard InChI is InChI=1S/C11H22N2O3/c1-8-4-3-5-12-9(8)10(15)13-6-11(2,16)7-14/h8-9,12,14,16H,3-7H2,1-2H3,(H,13,15). The van der Waals surface area contributed by atoms with Gasteiger partial charge in [0, 0.05) is 6.54 Å². The summed E-state index contributed by atoms with van der Waals surface area (Å²) < 4.78 is 0. The molecule has 1 fully saturated rings. The molecule has 16 heavy (non-hydrogen) atoms. The third-order valence-electron chi connectivity index (χ3n) is 3.04. The van der Waals surface area contributed by atoms with Crippen LogP contribution >= 0.6 is 0 Å². The Bertz CT molecular complexity index is 243. The van der Waals surface area contributed by atoms with Gasteiger partial charge in [-0.2, -0.15) is 0 Å². The zero-order valence-corrected chi connectivity index (χ0v) is 9.99. The first-order valence-corrected chi connectivity index (χ1v) is 5.80. The van der Waals surface area contributed by atoms with Crippen LogP contribution in [0, 0.1) is 5.92 Å². The third kappa shape index (κ3) is 3.73. The van der Waals surface area contributed by atoms with Crippen molar-refractivity contribution in [2.75, 3.05) is 19.7 Å². The van der Waals surface area contributed by atoms with Crippen LogP contribution in [0.25, 0.3) is 0 Å². The smallest absolute Gasteiger partial charge is 0.237 e. The van der Waals surface area contributed by atoms with Gasteiger partial charge < -0.3 is 20.8 Å². The van der Waals surface area contributed by atoms with E-state index in [4.69, 9.17) is 5.11 Å². The van der Waals surface area contributed by atoms with E-state index >= 15 is 0 Å². The lowest BCUT2D eigenvalue weighted by Crippen LogP contribution is -2.54. The lowest BCUT2D eigenvalue weighted by Gasteiger charge is -2.30. The number of aliphatic hydroxyl groups is 2. The van der Waals surface area contributed by atoms with Gasteiger partial charge in [0.15, 0.2) is 0 Å². The van der Waals surface area contributed by atoms with Gasteiger partial charge in [0.2, 0.25) is 5.91 Å². The Morgan fingerprint density at radius 2 is 2.31 bits per heavy atom. The average Bonchev–Trinajstić information content (AvgIpc) is 2.27. The van der Waals surface area contributed by atoms with Crippen LogP contribution in [0.15, 0.2) is 0 Å². The molecular weight excluding hydrogens is 208 g/mol. The van der Waals surface area contributed by atoms with Gasteiger partial charge in [-0.15, -0.1) is 0 Å². The molecule has 0 aromatic carbocycles. The summed E-state index contributed by atoms with van der Waals surface area (Å²) >= 11 is 0. The Kier molecular flexibility index (Phi) is 4.70. The number of hydrogen-bond donors (Lipinski definition) is 4. The van der Waals surface area contributed by atoms with Crippen LogP contribution in [0.2, 0.25) is 0 Å². The molecule has 5 heteroatoms. The minimum absolute atomic E-state index is 0.0766. The molecule has 1 aliphatic heterocycles. The summed E-state index contributed by atoms with van der Waals surface area (Å²) in [5, 5.41) is 24.2. The predicted octanol–water partition coefficient (Wildman–Crippen LogP) is -0.766. The molecule has 3 unspecified atom stereocenters. The van der Waals surface area contributed by atoms with Crippen LogP contribution < -0.4 is 10.6 Å². The van der Waals surface area contributed by atoms with E-state index in [-0.39, 0.29) is 25.1 Å². The number of aliphatic hydroxyl groups excluding tert-OH is 1. The molecule has 0 spiro atoms. The fourth-order valence-corrected chi connectivity index (χ4v) is 1.84. The molecule has 1 rings (SSSR count).